The third-order valence-electron chi connectivity index (χ3n) is 5.86. The molecular weight excluding hydrogens is 482 g/mol. The van der Waals surface area contributed by atoms with Crippen LogP contribution in [0.5, 0.6) is 0 Å². The first-order chi connectivity index (χ1) is 16.4. The maximum Gasteiger partial charge on any atom is 0.264 e. The Balaban J connectivity index is 1.68. The number of nitrogens with one attached hydrogen (secondary N) is 2. The summed E-state index contributed by atoms with van der Waals surface area (Å²) in [5.74, 6) is -2.29. The number of hydrogen-bond donors (Lipinski definition) is 2. The summed E-state index contributed by atoms with van der Waals surface area (Å²) in [7, 11) is 3.29. The molecule has 0 saturated carbocycles. The molecule has 0 fully saturated rings. The third-order valence-corrected chi connectivity index (χ3v) is 6.04. The molecule has 4 rings (SSSR count). The van der Waals surface area contributed by atoms with Gasteiger partial charge in [0, 0.05) is 55.2 Å². The summed E-state index contributed by atoms with van der Waals surface area (Å²) in [4.78, 5) is 46.3. The van der Waals surface area contributed by atoms with Gasteiger partial charge in [0.2, 0.25) is 5.91 Å². The van der Waals surface area contributed by atoms with Crippen LogP contribution in [0, 0.1) is 0 Å². The van der Waals surface area contributed by atoms with Crippen LogP contribution in [0.15, 0.2) is 35.4 Å². The molecule has 0 aromatic carbocycles. The zero-order valence-electron chi connectivity index (χ0n) is 19.4. The highest BCUT2D eigenvalue weighted by Crippen LogP contribution is 2.46. The maximum atomic E-state index is 13.8. The van der Waals surface area contributed by atoms with Crippen LogP contribution < -0.4 is 10.9 Å². The summed E-state index contributed by atoms with van der Waals surface area (Å²) in [5, 5.41) is 7.05. The van der Waals surface area contributed by atoms with Gasteiger partial charge in [0.05, 0.1) is 17.2 Å². The van der Waals surface area contributed by atoms with Gasteiger partial charge >= 0.3 is 0 Å². The van der Waals surface area contributed by atoms with Crippen LogP contribution in [0.25, 0.3) is 5.65 Å². The molecule has 0 aliphatic heterocycles. The second-order valence-electron chi connectivity index (χ2n) is 9.22. The summed E-state index contributed by atoms with van der Waals surface area (Å²) in [6, 6.07) is 2.52. The van der Waals surface area contributed by atoms with Crippen molar-refractivity contribution in [2.75, 3.05) is 19.4 Å². The standard InChI is InChI=1S/C23H23ClF2N6O3/c1-23(2)9-12(13-10-27-17-8-15(24)30-32(17)19(13)23)21(34)28-16-7-11(20(25)26)18(22(35)29-16)14(33)5-6-31(3)4/h5-8,10,12,20H,9H2,1-4H3,(H2,28,29,34,35)/b6-5+. The van der Waals surface area contributed by atoms with E-state index in [1.165, 1.54) is 11.1 Å². The fourth-order valence-corrected chi connectivity index (χ4v) is 4.57. The Bertz CT molecular complexity index is 1430. The number of nitrogens with zero attached hydrogens (tertiary/aromatic N) is 4. The van der Waals surface area contributed by atoms with Crippen molar-refractivity contribution >= 4 is 34.8 Å². The van der Waals surface area contributed by atoms with Crippen molar-refractivity contribution in [2.45, 2.75) is 38.0 Å². The molecule has 3 aromatic heterocycles. The van der Waals surface area contributed by atoms with Crippen LogP contribution >= 0.6 is 11.6 Å². The second kappa shape index (κ2) is 8.88. The molecule has 1 aliphatic carbocycles. The second-order valence-corrected chi connectivity index (χ2v) is 9.60. The van der Waals surface area contributed by atoms with Crippen molar-refractivity contribution in [1.29, 1.82) is 0 Å². The SMILES string of the molecule is CN(C)/C=C/C(=O)c1c(C(F)F)cc(NC(=O)C2CC(C)(C)c3c2cnc2cc(Cl)nn32)[nH]c1=O. The molecule has 184 valence electrons. The number of amides is 1. The van der Waals surface area contributed by atoms with E-state index in [1.807, 2.05) is 13.8 Å². The van der Waals surface area contributed by atoms with Crippen molar-refractivity contribution in [3.8, 4) is 0 Å². The van der Waals surface area contributed by atoms with Gasteiger partial charge in [-0.3, -0.25) is 14.4 Å². The van der Waals surface area contributed by atoms with Crippen LogP contribution in [0.3, 0.4) is 0 Å². The highest BCUT2D eigenvalue weighted by molar-refractivity contribution is 6.29. The zero-order valence-corrected chi connectivity index (χ0v) is 20.2. The number of anilines is 1. The number of halogens is 3. The number of H-pyrrole nitrogens is 1. The van der Waals surface area contributed by atoms with Gasteiger partial charge in [0.25, 0.3) is 12.0 Å². The van der Waals surface area contributed by atoms with Crippen molar-refractivity contribution in [1.82, 2.24) is 24.5 Å². The highest BCUT2D eigenvalue weighted by atomic mass is 35.5. The van der Waals surface area contributed by atoms with E-state index in [0.29, 0.717) is 17.6 Å². The fraction of sp³-hybridized carbons (Fsp3) is 0.348. The lowest BCUT2D eigenvalue weighted by Crippen LogP contribution is -2.26. The first-order valence-electron chi connectivity index (χ1n) is 10.7. The molecule has 1 aliphatic rings. The number of fused-ring (bicyclic) bond motifs is 3. The number of aromatic nitrogens is 4. The van der Waals surface area contributed by atoms with E-state index in [0.717, 1.165) is 17.8 Å². The Hall–Kier alpha value is -3.60. The summed E-state index contributed by atoms with van der Waals surface area (Å²) < 4.78 is 29.1. The van der Waals surface area contributed by atoms with Crippen molar-refractivity contribution < 1.29 is 18.4 Å². The predicted molar refractivity (Wildman–Crippen MR) is 126 cm³/mol. The van der Waals surface area contributed by atoms with Crippen LogP contribution in [0.1, 0.15) is 59.8 Å². The molecule has 0 saturated heterocycles. The summed E-state index contributed by atoms with van der Waals surface area (Å²) in [6.45, 7) is 3.90. The van der Waals surface area contributed by atoms with Gasteiger partial charge in [-0.2, -0.15) is 5.10 Å². The molecular formula is C23H23ClF2N6O3. The number of hydrogen-bond acceptors (Lipinski definition) is 6. The Morgan fingerprint density at radius 2 is 2.06 bits per heavy atom. The van der Waals surface area contributed by atoms with Gasteiger partial charge in [-0.05, 0) is 12.5 Å². The van der Waals surface area contributed by atoms with Gasteiger partial charge in [-0.1, -0.05) is 25.4 Å². The molecule has 35 heavy (non-hydrogen) atoms. The van der Waals surface area contributed by atoms with Crippen LogP contribution in [0.2, 0.25) is 5.15 Å². The Morgan fingerprint density at radius 1 is 1.34 bits per heavy atom. The van der Waals surface area contributed by atoms with E-state index in [-0.39, 0.29) is 11.0 Å². The Labute approximate surface area is 203 Å². The van der Waals surface area contributed by atoms with Crippen LogP contribution in [-0.2, 0) is 10.2 Å². The lowest BCUT2D eigenvalue weighted by atomic mass is 9.88. The maximum absolute atomic E-state index is 13.8. The Kier molecular flexibility index (Phi) is 6.22. The van der Waals surface area contributed by atoms with E-state index in [1.54, 1.807) is 30.9 Å². The first kappa shape index (κ1) is 24.5. The minimum atomic E-state index is -3.10. The number of alkyl halides is 2. The van der Waals surface area contributed by atoms with Crippen molar-refractivity contribution in [3.05, 3.63) is 68.5 Å². The molecule has 3 aromatic rings. The zero-order chi connectivity index (χ0) is 25.7. The quantitative estimate of drug-likeness (QED) is 0.391. The van der Waals surface area contributed by atoms with Crippen LogP contribution in [0.4, 0.5) is 14.6 Å². The topological polar surface area (TPSA) is 112 Å². The van der Waals surface area contributed by atoms with Gasteiger partial charge in [-0.15, -0.1) is 0 Å². The fourth-order valence-electron chi connectivity index (χ4n) is 4.40. The number of rotatable bonds is 6. The average molecular weight is 505 g/mol. The normalized spacial score (nSPS) is 16.7. The van der Waals surface area contributed by atoms with Crippen molar-refractivity contribution in [2.24, 2.45) is 0 Å². The molecule has 1 atom stereocenters. The monoisotopic (exact) mass is 504 g/mol. The van der Waals surface area contributed by atoms with E-state index in [2.05, 4.69) is 20.4 Å². The molecule has 12 heteroatoms. The van der Waals surface area contributed by atoms with Gasteiger partial charge in [0.1, 0.15) is 5.82 Å². The average Bonchev–Trinajstić information content (AvgIpc) is 3.27. The lowest BCUT2D eigenvalue weighted by Gasteiger charge is -2.19. The summed E-state index contributed by atoms with van der Waals surface area (Å²) >= 11 is 6.03. The molecule has 2 N–H and O–H groups in total. The van der Waals surface area contributed by atoms with E-state index < -0.39 is 46.1 Å². The minimum absolute atomic E-state index is 0.231. The molecule has 9 nitrogen and oxygen atoms in total. The number of carbonyl (C=O) groups excluding carboxylic acids is 2. The molecule has 3 heterocycles. The smallest absolute Gasteiger partial charge is 0.264 e. The first-order valence-corrected chi connectivity index (χ1v) is 11.1. The summed E-state index contributed by atoms with van der Waals surface area (Å²) in [5.41, 5.74) is -0.998. The van der Waals surface area contributed by atoms with Crippen LogP contribution in [-0.4, -0.2) is 50.3 Å². The number of aromatic amines is 1. The Morgan fingerprint density at radius 3 is 2.71 bits per heavy atom. The van der Waals surface area contributed by atoms with Gasteiger partial charge in [0.15, 0.2) is 16.6 Å². The molecule has 1 unspecified atom stereocenters. The third kappa shape index (κ3) is 4.55. The number of ketones is 1. The molecule has 0 bridgehead atoms. The van der Waals surface area contributed by atoms with Gasteiger partial charge in [-0.25, -0.2) is 18.3 Å². The number of carbonyl (C=O) groups is 2. The highest BCUT2D eigenvalue weighted by Gasteiger charge is 2.43. The summed E-state index contributed by atoms with van der Waals surface area (Å²) in [6.07, 6.45) is 1.25. The van der Waals surface area contributed by atoms with Crippen molar-refractivity contribution in [3.63, 3.8) is 0 Å². The number of allylic oxidation sites excluding steroid dienone is 1. The van der Waals surface area contributed by atoms with E-state index in [9.17, 15) is 23.2 Å². The largest absolute Gasteiger partial charge is 0.383 e. The minimum Gasteiger partial charge on any atom is -0.383 e. The lowest BCUT2D eigenvalue weighted by molar-refractivity contribution is -0.117. The molecule has 1 amide bonds. The van der Waals surface area contributed by atoms with Gasteiger partial charge < -0.3 is 15.2 Å². The molecule has 0 radical (unpaired) electrons. The molecule has 0 spiro atoms. The predicted octanol–water partition coefficient (Wildman–Crippen LogP) is 3.67. The van der Waals surface area contributed by atoms with E-state index >= 15 is 0 Å². The number of pyridine rings is 1. The van der Waals surface area contributed by atoms with E-state index in [4.69, 9.17) is 11.6 Å².